The number of nitrogens with one attached hydrogen (secondary N) is 1. The molecule has 1 N–H and O–H groups in total. The topological polar surface area (TPSA) is 56.8 Å². The van der Waals surface area contributed by atoms with Gasteiger partial charge in [-0.2, -0.15) is 0 Å². The SMILES string of the molecule is CCCCCC(=O)Nc1cc(OC)c(OC)c(OC)c1. The Labute approximate surface area is 120 Å². The van der Waals surface area contributed by atoms with Gasteiger partial charge in [0.1, 0.15) is 0 Å². The molecule has 0 aliphatic rings. The second kappa shape index (κ2) is 8.30. The van der Waals surface area contributed by atoms with E-state index in [9.17, 15) is 4.79 Å². The lowest BCUT2D eigenvalue weighted by Crippen LogP contribution is -2.11. The number of anilines is 1. The van der Waals surface area contributed by atoms with E-state index in [1.165, 1.54) is 0 Å². The van der Waals surface area contributed by atoms with Gasteiger partial charge in [-0.1, -0.05) is 19.8 Å². The highest BCUT2D eigenvalue weighted by atomic mass is 16.5. The number of hydrogen-bond acceptors (Lipinski definition) is 4. The third-order valence-corrected chi connectivity index (χ3v) is 2.96. The summed E-state index contributed by atoms with van der Waals surface area (Å²) in [6, 6.07) is 3.44. The molecule has 0 aliphatic heterocycles. The number of rotatable bonds is 8. The van der Waals surface area contributed by atoms with Gasteiger partial charge in [-0.05, 0) is 6.42 Å². The molecule has 5 nitrogen and oxygen atoms in total. The van der Waals surface area contributed by atoms with Crippen LogP contribution in [0.2, 0.25) is 0 Å². The summed E-state index contributed by atoms with van der Waals surface area (Å²) in [5.74, 6) is 1.55. The van der Waals surface area contributed by atoms with E-state index in [0.29, 0.717) is 29.4 Å². The molecule has 0 radical (unpaired) electrons. The fourth-order valence-corrected chi connectivity index (χ4v) is 1.91. The average molecular weight is 281 g/mol. The molecular formula is C15H23NO4. The summed E-state index contributed by atoms with van der Waals surface area (Å²) in [4.78, 5) is 11.8. The quantitative estimate of drug-likeness (QED) is 0.743. The highest BCUT2D eigenvalue weighted by Crippen LogP contribution is 2.39. The van der Waals surface area contributed by atoms with Crippen LogP contribution in [0.15, 0.2) is 12.1 Å². The molecule has 112 valence electrons. The Kier molecular flexibility index (Phi) is 6.70. The Bertz CT molecular complexity index is 420. The maximum Gasteiger partial charge on any atom is 0.224 e. The third kappa shape index (κ3) is 4.33. The standard InChI is InChI=1S/C15H23NO4/c1-5-6-7-8-14(17)16-11-9-12(18-2)15(20-4)13(10-11)19-3/h9-10H,5-8H2,1-4H3,(H,16,17). The molecule has 0 fully saturated rings. The highest BCUT2D eigenvalue weighted by molar-refractivity contribution is 5.91. The first-order valence-corrected chi connectivity index (χ1v) is 6.76. The summed E-state index contributed by atoms with van der Waals surface area (Å²) in [5.41, 5.74) is 0.640. The summed E-state index contributed by atoms with van der Waals surface area (Å²) in [6.45, 7) is 2.11. The van der Waals surface area contributed by atoms with E-state index < -0.39 is 0 Å². The zero-order chi connectivity index (χ0) is 15.0. The molecule has 0 saturated heterocycles. The maximum atomic E-state index is 11.8. The van der Waals surface area contributed by atoms with E-state index in [4.69, 9.17) is 14.2 Å². The largest absolute Gasteiger partial charge is 0.493 e. The van der Waals surface area contributed by atoms with Crippen LogP contribution in [-0.2, 0) is 4.79 Å². The van der Waals surface area contributed by atoms with E-state index in [2.05, 4.69) is 12.2 Å². The molecule has 0 aromatic heterocycles. The maximum absolute atomic E-state index is 11.8. The van der Waals surface area contributed by atoms with Crippen LogP contribution in [0, 0.1) is 0 Å². The number of carbonyl (C=O) groups excluding carboxylic acids is 1. The Morgan fingerprint density at radius 3 is 2.10 bits per heavy atom. The van der Waals surface area contributed by atoms with Crippen LogP contribution in [0.25, 0.3) is 0 Å². The van der Waals surface area contributed by atoms with E-state index >= 15 is 0 Å². The van der Waals surface area contributed by atoms with Crippen LogP contribution in [-0.4, -0.2) is 27.2 Å². The van der Waals surface area contributed by atoms with Crippen LogP contribution < -0.4 is 19.5 Å². The summed E-state index contributed by atoms with van der Waals surface area (Å²) >= 11 is 0. The van der Waals surface area contributed by atoms with Crippen LogP contribution in [0.1, 0.15) is 32.6 Å². The van der Waals surface area contributed by atoms with Crippen LogP contribution in [0.3, 0.4) is 0 Å². The van der Waals surface area contributed by atoms with Crippen molar-refractivity contribution in [2.75, 3.05) is 26.6 Å². The number of carbonyl (C=O) groups is 1. The normalized spacial score (nSPS) is 10.0. The van der Waals surface area contributed by atoms with Crippen molar-refractivity contribution < 1.29 is 19.0 Å². The van der Waals surface area contributed by atoms with Gasteiger partial charge in [0.05, 0.1) is 21.3 Å². The molecular weight excluding hydrogens is 258 g/mol. The van der Waals surface area contributed by atoms with Gasteiger partial charge in [0.25, 0.3) is 0 Å². The van der Waals surface area contributed by atoms with Gasteiger partial charge in [-0.3, -0.25) is 4.79 Å². The summed E-state index contributed by atoms with van der Waals surface area (Å²) in [6.07, 6.45) is 3.57. The number of ether oxygens (including phenoxy) is 3. The summed E-state index contributed by atoms with van der Waals surface area (Å²) in [7, 11) is 4.64. The van der Waals surface area contributed by atoms with Gasteiger partial charge in [0.15, 0.2) is 11.5 Å². The van der Waals surface area contributed by atoms with Crippen molar-refractivity contribution in [3.05, 3.63) is 12.1 Å². The number of benzene rings is 1. The predicted molar refractivity (Wildman–Crippen MR) is 78.9 cm³/mol. The van der Waals surface area contributed by atoms with Crippen molar-refractivity contribution in [1.82, 2.24) is 0 Å². The van der Waals surface area contributed by atoms with Crippen molar-refractivity contribution >= 4 is 11.6 Å². The second-order valence-corrected chi connectivity index (χ2v) is 4.42. The molecule has 0 saturated carbocycles. The first kappa shape index (κ1) is 16.1. The van der Waals surface area contributed by atoms with E-state index in [-0.39, 0.29) is 5.91 Å². The van der Waals surface area contributed by atoms with Crippen LogP contribution in [0.5, 0.6) is 17.2 Å². The fraction of sp³-hybridized carbons (Fsp3) is 0.533. The average Bonchev–Trinajstić information content (AvgIpc) is 2.46. The van der Waals surface area contributed by atoms with Gasteiger partial charge < -0.3 is 19.5 Å². The summed E-state index contributed by atoms with van der Waals surface area (Å²) < 4.78 is 15.7. The van der Waals surface area contributed by atoms with Crippen molar-refractivity contribution in [1.29, 1.82) is 0 Å². The number of methoxy groups -OCH3 is 3. The number of hydrogen-bond donors (Lipinski definition) is 1. The fourth-order valence-electron chi connectivity index (χ4n) is 1.91. The molecule has 0 bridgehead atoms. The van der Waals surface area contributed by atoms with Crippen molar-refractivity contribution in [3.63, 3.8) is 0 Å². The Morgan fingerprint density at radius 1 is 1.05 bits per heavy atom. The third-order valence-electron chi connectivity index (χ3n) is 2.96. The zero-order valence-electron chi connectivity index (χ0n) is 12.6. The molecule has 20 heavy (non-hydrogen) atoms. The minimum atomic E-state index is -0.00674. The summed E-state index contributed by atoms with van der Waals surface area (Å²) in [5, 5.41) is 2.85. The first-order chi connectivity index (χ1) is 9.65. The zero-order valence-corrected chi connectivity index (χ0v) is 12.6. The Hall–Kier alpha value is -1.91. The smallest absolute Gasteiger partial charge is 0.224 e. The van der Waals surface area contributed by atoms with Gasteiger partial charge in [0.2, 0.25) is 11.7 Å². The molecule has 0 unspecified atom stereocenters. The molecule has 1 aromatic carbocycles. The Morgan fingerprint density at radius 2 is 1.65 bits per heavy atom. The molecule has 0 heterocycles. The van der Waals surface area contributed by atoms with Crippen LogP contribution >= 0.6 is 0 Å². The number of unbranched alkanes of at least 4 members (excludes halogenated alkanes) is 2. The van der Waals surface area contributed by atoms with Gasteiger partial charge in [0, 0.05) is 24.2 Å². The van der Waals surface area contributed by atoms with E-state index in [1.807, 2.05) is 0 Å². The minimum Gasteiger partial charge on any atom is -0.493 e. The second-order valence-electron chi connectivity index (χ2n) is 4.42. The lowest BCUT2D eigenvalue weighted by Gasteiger charge is -2.14. The van der Waals surface area contributed by atoms with Crippen molar-refractivity contribution in [2.24, 2.45) is 0 Å². The van der Waals surface area contributed by atoms with Crippen LogP contribution in [0.4, 0.5) is 5.69 Å². The van der Waals surface area contributed by atoms with Gasteiger partial charge in [-0.25, -0.2) is 0 Å². The minimum absolute atomic E-state index is 0.00674. The monoisotopic (exact) mass is 281 g/mol. The molecule has 1 amide bonds. The molecule has 0 aliphatic carbocycles. The lowest BCUT2D eigenvalue weighted by molar-refractivity contribution is -0.116. The van der Waals surface area contributed by atoms with E-state index in [0.717, 1.165) is 19.3 Å². The first-order valence-electron chi connectivity index (χ1n) is 6.76. The van der Waals surface area contributed by atoms with Crippen molar-refractivity contribution in [2.45, 2.75) is 32.6 Å². The van der Waals surface area contributed by atoms with E-state index in [1.54, 1.807) is 33.5 Å². The molecule has 1 rings (SSSR count). The molecule has 0 atom stereocenters. The Balaban J connectivity index is 2.82. The molecule has 5 heteroatoms. The molecule has 0 spiro atoms. The number of amides is 1. The van der Waals surface area contributed by atoms with Crippen molar-refractivity contribution in [3.8, 4) is 17.2 Å². The lowest BCUT2D eigenvalue weighted by atomic mass is 10.2. The highest BCUT2D eigenvalue weighted by Gasteiger charge is 2.14. The van der Waals surface area contributed by atoms with Gasteiger partial charge in [-0.15, -0.1) is 0 Å². The van der Waals surface area contributed by atoms with Gasteiger partial charge >= 0.3 is 0 Å². The predicted octanol–water partition coefficient (Wildman–Crippen LogP) is 3.23. The molecule has 1 aromatic rings.